The molecule has 0 aliphatic carbocycles. The molecule has 4 rings (SSSR count). The standard InChI is InChI=1S/C23H25FN4O4S/c1-13-19-21(32-4)25-18(12-31-3)26-22(19)33-20(13)23(30)28-9-7-27(8-10-28)17-6-5-15(14(2)29)11-16(17)24/h5-6,11H,7-10,12H2,1-4H3. The van der Waals surface area contributed by atoms with Crippen molar-refractivity contribution in [3.05, 3.63) is 45.8 Å². The summed E-state index contributed by atoms with van der Waals surface area (Å²) in [6.45, 7) is 5.43. The van der Waals surface area contributed by atoms with Gasteiger partial charge in [0.15, 0.2) is 11.6 Å². The largest absolute Gasteiger partial charge is 0.480 e. The van der Waals surface area contributed by atoms with Crippen molar-refractivity contribution < 1.29 is 23.5 Å². The maximum Gasteiger partial charge on any atom is 0.264 e. The number of hydrogen-bond acceptors (Lipinski definition) is 8. The first-order valence-electron chi connectivity index (χ1n) is 10.5. The van der Waals surface area contributed by atoms with E-state index in [1.165, 1.54) is 31.4 Å². The maximum atomic E-state index is 14.5. The Morgan fingerprint density at radius 2 is 1.88 bits per heavy atom. The number of ketones is 1. The van der Waals surface area contributed by atoms with Gasteiger partial charge in [0, 0.05) is 38.9 Å². The van der Waals surface area contributed by atoms with E-state index < -0.39 is 5.82 Å². The highest BCUT2D eigenvalue weighted by Crippen LogP contribution is 2.36. The van der Waals surface area contributed by atoms with E-state index in [2.05, 4.69) is 9.97 Å². The lowest BCUT2D eigenvalue weighted by Crippen LogP contribution is -2.49. The second-order valence-corrected chi connectivity index (χ2v) is 8.82. The molecule has 33 heavy (non-hydrogen) atoms. The summed E-state index contributed by atoms with van der Waals surface area (Å²) in [6, 6.07) is 4.52. The summed E-state index contributed by atoms with van der Waals surface area (Å²) in [5.74, 6) is 0.228. The number of fused-ring (bicyclic) bond motifs is 1. The molecule has 0 atom stereocenters. The molecule has 0 bridgehead atoms. The molecule has 3 aromatic rings. The fraction of sp³-hybridized carbons (Fsp3) is 0.391. The van der Waals surface area contributed by atoms with Crippen LogP contribution in [-0.4, -0.2) is 67.0 Å². The molecular weight excluding hydrogens is 447 g/mol. The maximum absolute atomic E-state index is 14.5. The molecule has 1 aliphatic heterocycles. The molecule has 2 aromatic heterocycles. The molecule has 3 heterocycles. The van der Waals surface area contributed by atoms with Crippen LogP contribution in [0.5, 0.6) is 5.88 Å². The van der Waals surface area contributed by atoms with Crippen molar-refractivity contribution >= 4 is 38.9 Å². The number of benzene rings is 1. The lowest BCUT2D eigenvalue weighted by Gasteiger charge is -2.36. The lowest BCUT2D eigenvalue weighted by molar-refractivity contribution is 0.0750. The molecule has 0 saturated carbocycles. The Bertz CT molecular complexity index is 1220. The van der Waals surface area contributed by atoms with E-state index in [-0.39, 0.29) is 18.3 Å². The molecule has 1 aromatic carbocycles. The highest BCUT2D eigenvalue weighted by Gasteiger charge is 2.28. The van der Waals surface area contributed by atoms with Crippen LogP contribution < -0.4 is 9.64 Å². The van der Waals surface area contributed by atoms with Crippen LogP contribution >= 0.6 is 11.3 Å². The minimum absolute atomic E-state index is 0.0853. The Morgan fingerprint density at radius 1 is 1.15 bits per heavy atom. The second-order valence-electron chi connectivity index (χ2n) is 7.82. The number of hydrogen-bond donors (Lipinski definition) is 0. The molecule has 0 radical (unpaired) electrons. The molecular formula is C23H25FN4O4S. The van der Waals surface area contributed by atoms with Crippen LogP contribution in [0.1, 0.15) is 38.3 Å². The molecule has 10 heteroatoms. The van der Waals surface area contributed by atoms with Gasteiger partial charge in [-0.2, -0.15) is 4.98 Å². The zero-order chi connectivity index (χ0) is 23.7. The zero-order valence-corrected chi connectivity index (χ0v) is 19.8. The minimum atomic E-state index is -0.430. The van der Waals surface area contributed by atoms with Crippen molar-refractivity contribution in [1.29, 1.82) is 0 Å². The van der Waals surface area contributed by atoms with E-state index in [0.29, 0.717) is 58.8 Å². The van der Waals surface area contributed by atoms with Crippen LogP contribution in [0, 0.1) is 12.7 Å². The molecule has 174 valence electrons. The number of carbonyl (C=O) groups is 2. The summed E-state index contributed by atoms with van der Waals surface area (Å²) in [5.41, 5.74) is 1.57. The lowest BCUT2D eigenvalue weighted by atomic mass is 10.1. The number of halogens is 1. The van der Waals surface area contributed by atoms with E-state index >= 15 is 0 Å². The SMILES string of the molecule is COCc1nc(OC)c2c(C)c(C(=O)N3CCN(c4ccc(C(C)=O)cc4F)CC3)sc2n1. The van der Waals surface area contributed by atoms with Crippen molar-refractivity contribution in [1.82, 2.24) is 14.9 Å². The van der Waals surface area contributed by atoms with Gasteiger partial charge in [-0.05, 0) is 37.6 Å². The smallest absolute Gasteiger partial charge is 0.264 e. The first kappa shape index (κ1) is 23.1. The number of ether oxygens (including phenoxy) is 2. The van der Waals surface area contributed by atoms with Gasteiger partial charge in [0.2, 0.25) is 5.88 Å². The summed E-state index contributed by atoms with van der Waals surface area (Å²) < 4.78 is 25.1. The first-order valence-corrected chi connectivity index (χ1v) is 11.3. The zero-order valence-electron chi connectivity index (χ0n) is 19.0. The third kappa shape index (κ3) is 4.40. The normalized spacial score (nSPS) is 14.1. The Hall–Kier alpha value is -3.11. The van der Waals surface area contributed by atoms with Crippen LogP contribution in [0.25, 0.3) is 10.2 Å². The van der Waals surface area contributed by atoms with Gasteiger partial charge >= 0.3 is 0 Å². The Kier molecular flexibility index (Phi) is 6.57. The highest BCUT2D eigenvalue weighted by molar-refractivity contribution is 7.20. The van der Waals surface area contributed by atoms with Crippen LogP contribution in [0.2, 0.25) is 0 Å². The van der Waals surface area contributed by atoms with Gasteiger partial charge in [0.05, 0.1) is 23.1 Å². The fourth-order valence-corrected chi connectivity index (χ4v) is 5.12. The van der Waals surface area contributed by atoms with E-state index in [1.807, 2.05) is 11.8 Å². The topological polar surface area (TPSA) is 84.9 Å². The number of amides is 1. The third-order valence-electron chi connectivity index (χ3n) is 5.73. The third-order valence-corrected chi connectivity index (χ3v) is 6.90. The van der Waals surface area contributed by atoms with Crippen LogP contribution in [0.15, 0.2) is 18.2 Å². The predicted octanol–water partition coefficient (Wildman–Crippen LogP) is 3.46. The molecule has 1 saturated heterocycles. The summed E-state index contributed by atoms with van der Waals surface area (Å²) in [4.78, 5) is 38.6. The molecule has 8 nitrogen and oxygen atoms in total. The number of methoxy groups -OCH3 is 2. The molecule has 0 unspecified atom stereocenters. The molecule has 0 N–H and O–H groups in total. The average Bonchev–Trinajstić information content (AvgIpc) is 3.14. The van der Waals surface area contributed by atoms with Crippen molar-refractivity contribution in [2.24, 2.45) is 0 Å². The summed E-state index contributed by atoms with van der Waals surface area (Å²) in [7, 11) is 3.11. The number of anilines is 1. The van der Waals surface area contributed by atoms with Gasteiger partial charge in [-0.15, -0.1) is 11.3 Å². The minimum Gasteiger partial charge on any atom is -0.480 e. The Labute approximate surface area is 194 Å². The molecule has 1 fully saturated rings. The summed E-state index contributed by atoms with van der Waals surface area (Å²) >= 11 is 1.32. The molecule has 0 spiro atoms. The number of thiophene rings is 1. The van der Waals surface area contributed by atoms with Gasteiger partial charge in [-0.1, -0.05) is 0 Å². The quantitative estimate of drug-likeness (QED) is 0.508. The number of carbonyl (C=O) groups excluding carboxylic acids is 2. The Morgan fingerprint density at radius 3 is 2.48 bits per heavy atom. The van der Waals surface area contributed by atoms with Crippen molar-refractivity contribution in [2.75, 3.05) is 45.3 Å². The number of rotatable bonds is 6. The predicted molar refractivity (Wildman–Crippen MR) is 124 cm³/mol. The Balaban J connectivity index is 1.53. The first-order chi connectivity index (χ1) is 15.8. The number of aryl methyl sites for hydroxylation is 1. The van der Waals surface area contributed by atoms with E-state index in [1.54, 1.807) is 24.1 Å². The van der Waals surface area contributed by atoms with Crippen LogP contribution in [-0.2, 0) is 11.3 Å². The van der Waals surface area contributed by atoms with Crippen molar-refractivity contribution in [3.63, 3.8) is 0 Å². The summed E-state index contributed by atoms with van der Waals surface area (Å²) in [5, 5.41) is 0.733. The monoisotopic (exact) mass is 472 g/mol. The second kappa shape index (κ2) is 9.40. The van der Waals surface area contributed by atoms with E-state index in [0.717, 1.165) is 10.9 Å². The summed E-state index contributed by atoms with van der Waals surface area (Å²) in [6.07, 6.45) is 0. The number of piperazine rings is 1. The van der Waals surface area contributed by atoms with Crippen LogP contribution in [0.3, 0.4) is 0 Å². The van der Waals surface area contributed by atoms with Gasteiger partial charge in [0.25, 0.3) is 5.91 Å². The molecule has 1 amide bonds. The number of nitrogens with zero attached hydrogens (tertiary/aromatic N) is 4. The number of aromatic nitrogens is 2. The number of Topliss-reactive ketones (excluding diaryl/α,β-unsaturated/α-hetero) is 1. The van der Waals surface area contributed by atoms with Gasteiger partial charge in [0.1, 0.15) is 17.3 Å². The van der Waals surface area contributed by atoms with Gasteiger partial charge in [-0.25, -0.2) is 9.37 Å². The molecule has 1 aliphatic rings. The van der Waals surface area contributed by atoms with Crippen molar-refractivity contribution in [3.8, 4) is 5.88 Å². The highest BCUT2D eigenvalue weighted by atomic mass is 32.1. The van der Waals surface area contributed by atoms with Crippen molar-refractivity contribution in [2.45, 2.75) is 20.5 Å². The van der Waals surface area contributed by atoms with E-state index in [9.17, 15) is 14.0 Å². The van der Waals surface area contributed by atoms with Gasteiger partial charge < -0.3 is 19.3 Å². The van der Waals surface area contributed by atoms with Crippen LogP contribution in [0.4, 0.5) is 10.1 Å². The average molecular weight is 473 g/mol. The van der Waals surface area contributed by atoms with Gasteiger partial charge in [-0.3, -0.25) is 9.59 Å². The van der Waals surface area contributed by atoms with E-state index in [4.69, 9.17) is 9.47 Å². The fourth-order valence-electron chi connectivity index (χ4n) is 3.97.